The van der Waals surface area contributed by atoms with Gasteiger partial charge in [0.25, 0.3) is 0 Å². The number of carbonyl (C=O) groups excluding carboxylic acids is 1. The largest absolute Gasteiger partial charge is 0.481 e. The molecule has 0 aromatic carbocycles. The van der Waals surface area contributed by atoms with E-state index in [4.69, 9.17) is 0 Å². The molecule has 132 valence electrons. The minimum Gasteiger partial charge on any atom is -0.481 e. The Bertz CT molecular complexity index is 576. The zero-order valence-electron chi connectivity index (χ0n) is 13.8. The minimum atomic E-state index is -3.43. The molecule has 2 rings (SSSR count). The van der Waals surface area contributed by atoms with Crippen LogP contribution < -0.4 is 0 Å². The molecular formula is C15H26N2O5S. The number of rotatable bonds is 5. The first-order valence-electron chi connectivity index (χ1n) is 8.23. The molecule has 2 unspecified atom stereocenters. The van der Waals surface area contributed by atoms with Crippen LogP contribution in [0.15, 0.2) is 0 Å². The molecule has 1 N–H and O–H groups in total. The molecule has 2 aliphatic rings. The van der Waals surface area contributed by atoms with Gasteiger partial charge in [-0.2, -0.15) is 4.31 Å². The lowest BCUT2D eigenvalue weighted by atomic mass is 9.90. The van der Waals surface area contributed by atoms with Gasteiger partial charge in [0.15, 0.2) is 0 Å². The predicted octanol–water partition coefficient (Wildman–Crippen LogP) is 0.904. The number of hydrogen-bond donors (Lipinski definition) is 1. The van der Waals surface area contributed by atoms with Gasteiger partial charge in [-0.15, -0.1) is 0 Å². The number of piperidine rings is 1. The van der Waals surface area contributed by atoms with Crippen LogP contribution in [0.5, 0.6) is 0 Å². The van der Waals surface area contributed by atoms with Crippen LogP contribution in [0, 0.1) is 5.41 Å². The second-order valence-corrected chi connectivity index (χ2v) is 8.86. The van der Waals surface area contributed by atoms with Gasteiger partial charge in [-0.05, 0) is 32.6 Å². The van der Waals surface area contributed by atoms with Crippen molar-refractivity contribution >= 4 is 21.9 Å². The highest BCUT2D eigenvalue weighted by molar-refractivity contribution is 7.89. The van der Waals surface area contributed by atoms with Gasteiger partial charge in [0.05, 0.1) is 11.2 Å². The minimum absolute atomic E-state index is 0.0453. The first-order chi connectivity index (χ1) is 10.7. The normalized spacial score (nSPS) is 29.7. The molecular weight excluding hydrogens is 320 g/mol. The van der Waals surface area contributed by atoms with Crippen molar-refractivity contribution in [2.75, 3.05) is 25.4 Å². The average molecular weight is 346 g/mol. The number of carbonyl (C=O) groups is 2. The summed E-state index contributed by atoms with van der Waals surface area (Å²) in [7, 11) is -3.43. The highest BCUT2D eigenvalue weighted by atomic mass is 32.2. The lowest BCUT2D eigenvalue weighted by molar-refractivity contribution is -0.147. The maximum Gasteiger partial charge on any atom is 0.311 e. The van der Waals surface area contributed by atoms with Crippen molar-refractivity contribution < 1.29 is 23.1 Å². The number of amides is 1. The van der Waals surface area contributed by atoms with Crippen LogP contribution in [0.2, 0.25) is 0 Å². The average Bonchev–Trinajstić information content (AvgIpc) is 2.90. The number of likely N-dealkylation sites (tertiary alicyclic amines) is 1. The molecule has 0 aromatic rings. The Morgan fingerprint density at radius 3 is 2.52 bits per heavy atom. The van der Waals surface area contributed by atoms with E-state index in [9.17, 15) is 23.1 Å². The summed E-state index contributed by atoms with van der Waals surface area (Å²) in [6.45, 7) is 4.34. The van der Waals surface area contributed by atoms with Gasteiger partial charge >= 0.3 is 5.97 Å². The van der Waals surface area contributed by atoms with E-state index in [1.54, 1.807) is 13.8 Å². The van der Waals surface area contributed by atoms with Gasteiger partial charge in [-0.3, -0.25) is 9.59 Å². The van der Waals surface area contributed by atoms with Crippen molar-refractivity contribution in [3.8, 4) is 0 Å². The standard InChI is InChI=1S/C15H26N2O5S/c1-3-10-23(21,22)17-8-5-4-6-12(17)13(18)16-9-7-15(2,11-16)14(19)20/h12H,3-11H2,1-2H3,(H,19,20). The third-order valence-electron chi connectivity index (χ3n) is 4.86. The van der Waals surface area contributed by atoms with Crippen molar-refractivity contribution in [2.45, 2.75) is 52.0 Å². The van der Waals surface area contributed by atoms with Crippen molar-refractivity contribution in [3.63, 3.8) is 0 Å². The third kappa shape index (κ3) is 3.68. The van der Waals surface area contributed by atoms with Crippen molar-refractivity contribution in [3.05, 3.63) is 0 Å². The summed E-state index contributed by atoms with van der Waals surface area (Å²) >= 11 is 0. The van der Waals surface area contributed by atoms with Gasteiger partial charge in [-0.1, -0.05) is 13.3 Å². The van der Waals surface area contributed by atoms with Crippen LogP contribution in [-0.2, 0) is 19.6 Å². The number of carboxylic acids is 1. The molecule has 2 fully saturated rings. The molecule has 8 heteroatoms. The molecule has 2 aliphatic heterocycles. The second kappa shape index (κ2) is 6.76. The van der Waals surface area contributed by atoms with Gasteiger partial charge in [0.1, 0.15) is 6.04 Å². The Morgan fingerprint density at radius 2 is 1.96 bits per heavy atom. The summed E-state index contributed by atoms with van der Waals surface area (Å²) < 4.78 is 26.2. The van der Waals surface area contributed by atoms with E-state index in [1.165, 1.54) is 9.21 Å². The second-order valence-electron chi connectivity index (χ2n) is 6.81. The molecule has 2 atom stereocenters. The summed E-state index contributed by atoms with van der Waals surface area (Å²) in [4.78, 5) is 25.7. The van der Waals surface area contributed by atoms with E-state index in [0.29, 0.717) is 32.4 Å². The summed E-state index contributed by atoms with van der Waals surface area (Å²) in [6.07, 6.45) is 3.02. The van der Waals surface area contributed by atoms with E-state index in [1.807, 2.05) is 0 Å². The Balaban J connectivity index is 2.15. The fraction of sp³-hybridized carbons (Fsp3) is 0.867. The highest BCUT2D eigenvalue weighted by Gasteiger charge is 2.45. The number of nitrogens with zero attached hydrogens (tertiary/aromatic N) is 2. The lowest BCUT2D eigenvalue weighted by Gasteiger charge is -2.36. The van der Waals surface area contributed by atoms with Crippen LogP contribution >= 0.6 is 0 Å². The van der Waals surface area contributed by atoms with E-state index in [-0.39, 0.29) is 18.2 Å². The predicted molar refractivity (Wildman–Crippen MR) is 85.4 cm³/mol. The molecule has 23 heavy (non-hydrogen) atoms. The fourth-order valence-electron chi connectivity index (χ4n) is 3.39. The summed E-state index contributed by atoms with van der Waals surface area (Å²) in [5.74, 6) is -1.11. The number of sulfonamides is 1. The number of carboxylic acid groups (broad SMARTS) is 1. The molecule has 7 nitrogen and oxygen atoms in total. The van der Waals surface area contributed by atoms with Gasteiger partial charge in [-0.25, -0.2) is 8.42 Å². The SMILES string of the molecule is CCCS(=O)(=O)N1CCCCC1C(=O)N1CCC(C)(C(=O)O)C1. The van der Waals surface area contributed by atoms with E-state index in [0.717, 1.165) is 12.8 Å². The van der Waals surface area contributed by atoms with Gasteiger partial charge in [0, 0.05) is 19.6 Å². The lowest BCUT2D eigenvalue weighted by Crippen LogP contribution is -2.53. The number of hydrogen-bond acceptors (Lipinski definition) is 4. The maximum absolute atomic E-state index is 12.8. The van der Waals surface area contributed by atoms with Crippen molar-refractivity contribution in [1.82, 2.24) is 9.21 Å². The third-order valence-corrected chi connectivity index (χ3v) is 6.94. The molecule has 0 aliphatic carbocycles. The molecule has 0 aromatic heterocycles. The molecule has 2 saturated heterocycles. The Morgan fingerprint density at radius 1 is 1.26 bits per heavy atom. The smallest absolute Gasteiger partial charge is 0.311 e. The summed E-state index contributed by atoms with van der Waals surface area (Å²) in [5, 5.41) is 9.29. The monoisotopic (exact) mass is 346 g/mol. The van der Waals surface area contributed by atoms with Crippen LogP contribution in [0.3, 0.4) is 0 Å². The highest BCUT2D eigenvalue weighted by Crippen LogP contribution is 2.32. The Kier molecular flexibility index (Phi) is 5.35. The van der Waals surface area contributed by atoms with Gasteiger partial charge < -0.3 is 10.0 Å². The van der Waals surface area contributed by atoms with Gasteiger partial charge in [0.2, 0.25) is 15.9 Å². The zero-order chi connectivity index (χ0) is 17.3. The fourth-order valence-corrected chi connectivity index (χ4v) is 5.14. The topological polar surface area (TPSA) is 95.0 Å². The first kappa shape index (κ1) is 18.2. The molecule has 1 amide bonds. The molecule has 0 spiro atoms. The van der Waals surface area contributed by atoms with E-state index in [2.05, 4.69) is 0 Å². The van der Waals surface area contributed by atoms with Crippen LogP contribution in [0.1, 0.15) is 46.0 Å². The van der Waals surface area contributed by atoms with Crippen molar-refractivity contribution in [1.29, 1.82) is 0 Å². The van der Waals surface area contributed by atoms with Crippen LogP contribution in [0.4, 0.5) is 0 Å². The molecule has 0 bridgehead atoms. The van der Waals surface area contributed by atoms with E-state index >= 15 is 0 Å². The van der Waals surface area contributed by atoms with Crippen molar-refractivity contribution in [2.24, 2.45) is 5.41 Å². The zero-order valence-corrected chi connectivity index (χ0v) is 14.6. The Hall–Kier alpha value is -1.15. The number of aliphatic carboxylic acids is 1. The summed E-state index contributed by atoms with van der Waals surface area (Å²) in [6, 6.07) is -0.670. The molecule has 2 heterocycles. The van der Waals surface area contributed by atoms with Crippen LogP contribution in [0.25, 0.3) is 0 Å². The van der Waals surface area contributed by atoms with Crippen LogP contribution in [-0.4, -0.2) is 66.0 Å². The Labute approximate surface area is 137 Å². The quantitative estimate of drug-likeness (QED) is 0.798. The van der Waals surface area contributed by atoms with E-state index < -0.39 is 27.4 Å². The first-order valence-corrected chi connectivity index (χ1v) is 9.84. The summed E-state index contributed by atoms with van der Waals surface area (Å²) in [5.41, 5.74) is -0.933. The maximum atomic E-state index is 12.8. The molecule has 0 radical (unpaired) electrons. The molecule has 0 saturated carbocycles.